The molecule has 0 saturated carbocycles. The molecule has 0 N–H and O–H groups in total. The minimum atomic E-state index is 0.0891. The summed E-state index contributed by atoms with van der Waals surface area (Å²) in [7, 11) is 0. The predicted molar refractivity (Wildman–Crippen MR) is 54.3 cm³/mol. The van der Waals surface area contributed by atoms with Crippen molar-refractivity contribution < 1.29 is 9.53 Å². The van der Waals surface area contributed by atoms with Crippen molar-refractivity contribution in [1.82, 2.24) is 4.90 Å². The van der Waals surface area contributed by atoms with Crippen LogP contribution in [-0.4, -0.2) is 42.5 Å². The Morgan fingerprint density at radius 3 is 2.79 bits per heavy atom. The minimum absolute atomic E-state index is 0.0891. The maximum atomic E-state index is 11.9. The summed E-state index contributed by atoms with van der Waals surface area (Å²) >= 11 is 5.70. The lowest BCUT2D eigenvalue weighted by Gasteiger charge is -2.40. The summed E-state index contributed by atoms with van der Waals surface area (Å²) in [4.78, 5) is 13.8. The zero-order valence-corrected chi connectivity index (χ0v) is 9.17. The highest BCUT2D eigenvalue weighted by molar-refractivity contribution is 6.18. The van der Waals surface area contributed by atoms with Crippen LogP contribution >= 0.6 is 11.6 Å². The Morgan fingerprint density at radius 2 is 2.29 bits per heavy atom. The summed E-state index contributed by atoms with van der Waals surface area (Å²) in [6, 6.07) is 0. The van der Waals surface area contributed by atoms with Gasteiger partial charge in [0.1, 0.15) is 0 Å². The number of carbonyl (C=O) groups is 1. The SMILES string of the molecule is CC1OCCC1C(=O)N1CC(CCl)C1. The molecular formula is C10H16ClNO2. The summed E-state index contributed by atoms with van der Waals surface area (Å²) in [6.07, 6.45) is 0.972. The van der Waals surface area contributed by atoms with E-state index in [-0.39, 0.29) is 17.9 Å². The molecule has 2 aliphatic heterocycles. The van der Waals surface area contributed by atoms with E-state index in [9.17, 15) is 4.79 Å². The fraction of sp³-hybridized carbons (Fsp3) is 0.900. The monoisotopic (exact) mass is 217 g/mol. The Bertz CT molecular complexity index is 228. The van der Waals surface area contributed by atoms with E-state index in [1.54, 1.807) is 0 Å². The van der Waals surface area contributed by atoms with E-state index in [2.05, 4.69) is 0 Å². The van der Waals surface area contributed by atoms with Gasteiger partial charge in [0.05, 0.1) is 12.0 Å². The van der Waals surface area contributed by atoms with Gasteiger partial charge < -0.3 is 9.64 Å². The molecule has 2 aliphatic rings. The minimum Gasteiger partial charge on any atom is -0.378 e. The van der Waals surface area contributed by atoms with Crippen molar-refractivity contribution in [1.29, 1.82) is 0 Å². The normalized spacial score (nSPS) is 33.1. The molecule has 0 aliphatic carbocycles. The zero-order chi connectivity index (χ0) is 10.1. The first-order chi connectivity index (χ1) is 6.72. The molecule has 0 bridgehead atoms. The van der Waals surface area contributed by atoms with E-state index in [1.165, 1.54) is 0 Å². The second-order valence-corrected chi connectivity index (χ2v) is 4.54. The fourth-order valence-corrected chi connectivity index (χ4v) is 2.33. The van der Waals surface area contributed by atoms with Crippen molar-refractivity contribution in [3.05, 3.63) is 0 Å². The Kier molecular flexibility index (Phi) is 2.98. The zero-order valence-electron chi connectivity index (χ0n) is 8.41. The summed E-state index contributed by atoms with van der Waals surface area (Å²) in [5, 5.41) is 0. The molecule has 14 heavy (non-hydrogen) atoms. The van der Waals surface area contributed by atoms with E-state index >= 15 is 0 Å². The Labute approximate surface area is 89.4 Å². The lowest BCUT2D eigenvalue weighted by atomic mass is 9.95. The molecule has 1 amide bonds. The van der Waals surface area contributed by atoms with Gasteiger partial charge in [-0.15, -0.1) is 11.6 Å². The molecule has 2 heterocycles. The lowest BCUT2D eigenvalue weighted by molar-refractivity contribution is -0.142. The molecule has 0 spiro atoms. The number of halogens is 1. The smallest absolute Gasteiger partial charge is 0.228 e. The first-order valence-electron chi connectivity index (χ1n) is 5.18. The van der Waals surface area contributed by atoms with Crippen LogP contribution in [0.3, 0.4) is 0 Å². The van der Waals surface area contributed by atoms with Crippen LogP contribution in [0.5, 0.6) is 0 Å². The first-order valence-corrected chi connectivity index (χ1v) is 5.72. The van der Waals surface area contributed by atoms with Crippen LogP contribution in [0.1, 0.15) is 13.3 Å². The second kappa shape index (κ2) is 4.07. The van der Waals surface area contributed by atoms with Crippen molar-refractivity contribution >= 4 is 17.5 Å². The van der Waals surface area contributed by atoms with Gasteiger partial charge in [0.2, 0.25) is 5.91 Å². The van der Waals surface area contributed by atoms with Gasteiger partial charge in [-0.3, -0.25) is 4.79 Å². The van der Waals surface area contributed by atoms with Crippen LogP contribution in [0.15, 0.2) is 0 Å². The fourth-order valence-electron chi connectivity index (χ4n) is 2.14. The van der Waals surface area contributed by atoms with E-state index in [0.717, 1.165) is 26.1 Å². The maximum absolute atomic E-state index is 11.9. The van der Waals surface area contributed by atoms with E-state index in [0.29, 0.717) is 11.8 Å². The molecule has 2 fully saturated rings. The van der Waals surface area contributed by atoms with E-state index in [4.69, 9.17) is 16.3 Å². The van der Waals surface area contributed by atoms with Crippen molar-refractivity contribution in [3.8, 4) is 0 Å². The first kappa shape index (κ1) is 10.2. The maximum Gasteiger partial charge on any atom is 0.228 e. The standard InChI is InChI=1S/C10H16ClNO2/c1-7-9(2-3-14-7)10(13)12-5-8(4-11)6-12/h7-9H,2-6H2,1H3. The van der Waals surface area contributed by atoms with Gasteiger partial charge >= 0.3 is 0 Å². The van der Waals surface area contributed by atoms with Gasteiger partial charge in [0, 0.05) is 31.5 Å². The third kappa shape index (κ3) is 1.75. The van der Waals surface area contributed by atoms with Gasteiger partial charge in [0.25, 0.3) is 0 Å². The van der Waals surface area contributed by atoms with Gasteiger partial charge in [-0.05, 0) is 13.3 Å². The number of hydrogen-bond donors (Lipinski definition) is 0. The number of nitrogens with zero attached hydrogens (tertiary/aromatic N) is 1. The summed E-state index contributed by atoms with van der Waals surface area (Å²) in [5.41, 5.74) is 0. The van der Waals surface area contributed by atoms with Crippen LogP contribution in [0.25, 0.3) is 0 Å². The number of hydrogen-bond acceptors (Lipinski definition) is 2. The predicted octanol–water partition coefficient (Wildman–Crippen LogP) is 1.11. The van der Waals surface area contributed by atoms with Crippen molar-refractivity contribution in [2.24, 2.45) is 11.8 Å². The van der Waals surface area contributed by atoms with Gasteiger partial charge in [-0.1, -0.05) is 0 Å². The molecule has 0 aromatic carbocycles. The molecular weight excluding hydrogens is 202 g/mol. The highest BCUT2D eigenvalue weighted by atomic mass is 35.5. The van der Waals surface area contributed by atoms with Crippen LogP contribution in [0.4, 0.5) is 0 Å². The molecule has 4 heteroatoms. The molecule has 0 aromatic rings. The molecule has 2 unspecified atom stereocenters. The largest absolute Gasteiger partial charge is 0.378 e. The molecule has 2 rings (SSSR count). The van der Waals surface area contributed by atoms with Crippen molar-refractivity contribution in [2.45, 2.75) is 19.4 Å². The van der Waals surface area contributed by atoms with Gasteiger partial charge in [-0.2, -0.15) is 0 Å². The topological polar surface area (TPSA) is 29.5 Å². The molecule has 2 saturated heterocycles. The third-order valence-electron chi connectivity index (χ3n) is 3.18. The number of carbonyl (C=O) groups excluding carboxylic acids is 1. The molecule has 0 radical (unpaired) electrons. The van der Waals surface area contributed by atoms with Crippen LogP contribution in [0, 0.1) is 11.8 Å². The summed E-state index contributed by atoms with van der Waals surface area (Å²) in [6.45, 7) is 4.38. The van der Waals surface area contributed by atoms with Crippen molar-refractivity contribution in [3.63, 3.8) is 0 Å². The highest BCUT2D eigenvalue weighted by Crippen LogP contribution is 2.26. The van der Waals surface area contributed by atoms with E-state index in [1.807, 2.05) is 11.8 Å². The van der Waals surface area contributed by atoms with E-state index < -0.39 is 0 Å². The number of rotatable bonds is 2. The summed E-state index contributed by atoms with van der Waals surface area (Å²) < 4.78 is 5.38. The number of ether oxygens (including phenoxy) is 1. The van der Waals surface area contributed by atoms with Gasteiger partial charge in [0.15, 0.2) is 0 Å². The number of likely N-dealkylation sites (tertiary alicyclic amines) is 1. The molecule has 3 nitrogen and oxygen atoms in total. The average molecular weight is 218 g/mol. The number of alkyl halides is 1. The van der Waals surface area contributed by atoms with Crippen molar-refractivity contribution in [2.75, 3.05) is 25.6 Å². The lowest BCUT2D eigenvalue weighted by Crippen LogP contribution is -2.53. The van der Waals surface area contributed by atoms with Crippen LogP contribution in [-0.2, 0) is 9.53 Å². The quantitative estimate of drug-likeness (QED) is 0.649. The highest BCUT2D eigenvalue weighted by Gasteiger charge is 2.38. The molecule has 0 aromatic heterocycles. The van der Waals surface area contributed by atoms with Crippen LogP contribution in [0.2, 0.25) is 0 Å². The molecule has 80 valence electrons. The Hall–Kier alpha value is -0.280. The molecule has 2 atom stereocenters. The Balaban J connectivity index is 1.84. The third-order valence-corrected chi connectivity index (χ3v) is 3.62. The average Bonchev–Trinajstić information content (AvgIpc) is 2.49. The Morgan fingerprint density at radius 1 is 1.57 bits per heavy atom. The van der Waals surface area contributed by atoms with Gasteiger partial charge in [-0.25, -0.2) is 0 Å². The summed E-state index contributed by atoms with van der Waals surface area (Å²) in [5.74, 6) is 1.53. The second-order valence-electron chi connectivity index (χ2n) is 4.23. The number of amides is 1. The van der Waals surface area contributed by atoms with Crippen LogP contribution < -0.4 is 0 Å².